The van der Waals surface area contributed by atoms with E-state index < -0.39 is 23.0 Å². The summed E-state index contributed by atoms with van der Waals surface area (Å²) in [6.07, 6.45) is 4.25. The van der Waals surface area contributed by atoms with Crippen LogP contribution in [0.1, 0.15) is 58.1 Å². The Morgan fingerprint density at radius 3 is 2.26 bits per heavy atom. The van der Waals surface area contributed by atoms with Gasteiger partial charge < -0.3 is 25.4 Å². The zero-order chi connectivity index (χ0) is 30.1. The molecule has 3 N–H and O–H groups in total. The maximum atomic E-state index is 13.5. The molecule has 1 aromatic heterocycles. The number of nitrogens with one attached hydrogen (secondary N) is 3. The number of amides is 4. The number of anilines is 2. The third kappa shape index (κ3) is 6.41. The van der Waals surface area contributed by atoms with E-state index in [0.717, 1.165) is 42.0 Å². The molecule has 1 fully saturated rings. The van der Waals surface area contributed by atoms with E-state index in [1.807, 2.05) is 81.4 Å². The predicted octanol–water partition coefficient (Wildman–Crippen LogP) is 6.20. The number of benzene rings is 2. The number of rotatable bonds is 6. The quantitative estimate of drug-likeness (QED) is 0.307. The molecule has 11 heteroatoms. The number of nitrogens with zero attached hydrogens (tertiary/aromatic N) is 2. The first-order valence-corrected chi connectivity index (χ1v) is 15.4. The first-order valence-electron chi connectivity index (χ1n) is 14.5. The number of carbonyl (C=O) groups is 3. The number of thioether (sulfide) groups is 1. The summed E-state index contributed by atoms with van der Waals surface area (Å²) in [5.41, 5.74) is 1.70. The minimum atomic E-state index is -0.547. The first kappa shape index (κ1) is 28.9. The van der Waals surface area contributed by atoms with Gasteiger partial charge in [-0.15, -0.1) is 0 Å². The van der Waals surface area contributed by atoms with Crippen molar-refractivity contribution in [2.45, 2.75) is 80.5 Å². The second-order valence-electron chi connectivity index (χ2n) is 12.0. The van der Waals surface area contributed by atoms with Gasteiger partial charge in [-0.2, -0.15) is 0 Å². The van der Waals surface area contributed by atoms with E-state index in [1.165, 1.54) is 11.8 Å². The largest absolute Gasteiger partial charge is 0.457 e. The number of urea groups is 1. The molecule has 3 heterocycles. The van der Waals surface area contributed by atoms with E-state index in [-0.39, 0.29) is 24.0 Å². The van der Waals surface area contributed by atoms with Gasteiger partial charge in [0.1, 0.15) is 27.4 Å². The molecule has 2 atom stereocenters. The van der Waals surface area contributed by atoms with Crippen molar-refractivity contribution in [2.24, 2.45) is 0 Å². The van der Waals surface area contributed by atoms with Gasteiger partial charge in [0, 0.05) is 23.8 Å². The molecule has 0 bridgehead atoms. The fourth-order valence-electron chi connectivity index (χ4n) is 5.71. The maximum Gasteiger partial charge on any atom is 0.407 e. The van der Waals surface area contributed by atoms with Crippen LogP contribution in [0, 0.1) is 0 Å². The summed E-state index contributed by atoms with van der Waals surface area (Å²) in [7, 11) is 0. The summed E-state index contributed by atoms with van der Waals surface area (Å²) in [6, 6.07) is 17.9. The Hall–Kier alpha value is -4.25. The molecule has 6 rings (SSSR count). The molecular formula is C32H35N5O5S. The minimum absolute atomic E-state index is 0.00617. The predicted molar refractivity (Wildman–Crippen MR) is 164 cm³/mol. The molecule has 2 aromatic carbocycles. The van der Waals surface area contributed by atoms with Crippen molar-refractivity contribution in [3.05, 3.63) is 72.4 Å². The lowest BCUT2D eigenvalue weighted by molar-refractivity contribution is -0.121. The van der Waals surface area contributed by atoms with Crippen LogP contribution in [-0.2, 0) is 9.53 Å². The number of para-hydroxylation sites is 1. The summed E-state index contributed by atoms with van der Waals surface area (Å²) in [6.45, 7) is 5.51. The zero-order valence-corrected chi connectivity index (χ0v) is 25.1. The first-order chi connectivity index (χ1) is 20.6. The van der Waals surface area contributed by atoms with Crippen molar-refractivity contribution in [2.75, 3.05) is 4.90 Å². The lowest BCUT2D eigenvalue weighted by atomic mass is 9.91. The average molecular weight is 602 g/mol. The molecule has 43 heavy (non-hydrogen) atoms. The zero-order valence-electron chi connectivity index (χ0n) is 24.3. The number of hydrogen-bond acceptors (Lipinski definition) is 7. The Kier molecular flexibility index (Phi) is 7.91. The Labute approximate surface area is 254 Å². The number of hydrogen-bond donors (Lipinski definition) is 3. The molecule has 10 nitrogen and oxygen atoms in total. The molecule has 1 aliphatic carbocycles. The lowest BCUT2D eigenvalue weighted by Crippen LogP contribution is -2.51. The Morgan fingerprint density at radius 2 is 1.58 bits per heavy atom. The van der Waals surface area contributed by atoms with E-state index in [2.05, 4.69) is 20.9 Å². The SMILES string of the molecule is CC(C)(C)OC(=O)NC1CCC(NC(=O)C2Sc3nccc4c3C2NC(=O)N4c2ccc(Oc3ccccc3)cc2)CC1. The van der Waals surface area contributed by atoms with Crippen LogP contribution < -0.4 is 25.6 Å². The van der Waals surface area contributed by atoms with Gasteiger partial charge in [0.05, 0.1) is 17.4 Å². The molecule has 2 unspecified atom stereocenters. The molecular weight excluding hydrogens is 566 g/mol. The summed E-state index contributed by atoms with van der Waals surface area (Å²) < 4.78 is 11.3. The molecule has 1 saturated carbocycles. The summed E-state index contributed by atoms with van der Waals surface area (Å²) >= 11 is 1.38. The fraction of sp³-hybridized carbons (Fsp3) is 0.375. The fourth-order valence-corrected chi connectivity index (χ4v) is 6.94. The van der Waals surface area contributed by atoms with Gasteiger partial charge >= 0.3 is 12.1 Å². The summed E-state index contributed by atoms with van der Waals surface area (Å²) in [5.74, 6) is 1.26. The van der Waals surface area contributed by atoms with Gasteiger partial charge in [0.25, 0.3) is 0 Å². The second kappa shape index (κ2) is 11.8. The van der Waals surface area contributed by atoms with E-state index in [9.17, 15) is 14.4 Å². The molecule has 0 radical (unpaired) electrons. The summed E-state index contributed by atoms with van der Waals surface area (Å²) in [5, 5.41) is 9.40. The highest BCUT2D eigenvalue weighted by Crippen LogP contribution is 2.50. The van der Waals surface area contributed by atoms with Crippen LogP contribution in [0.15, 0.2) is 71.9 Å². The third-order valence-corrected chi connectivity index (χ3v) is 8.92. The Bertz CT molecular complexity index is 1500. The topological polar surface area (TPSA) is 122 Å². The molecule has 2 aliphatic heterocycles. The van der Waals surface area contributed by atoms with Crippen LogP contribution in [0.25, 0.3) is 0 Å². The third-order valence-electron chi connectivity index (χ3n) is 7.63. The van der Waals surface area contributed by atoms with E-state index in [0.29, 0.717) is 17.1 Å². The number of aromatic nitrogens is 1. The van der Waals surface area contributed by atoms with Crippen molar-refractivity contribution in [3.63, 3.8) is 0 Å². The van der Waals surface area contributed by atoms with Gasteiger partial charge in [0.15, 0.2) is 0 Å². The highest BCUT2D eigenvalue weighted by Gasteiger charge is 2.47. The van der Waals surface area contributed by atoms with Crippen molar-refractivity contribution >= 4 is 41.2 Å². The molecule has 0 spiro atoms. The van der Waals surface area contributed by atoms with Gasteiger partial charge in [-0.25, -0.2) is 14.6 Å². The van der Waals surface area contributed by atoms with Gasteiger partial charge in [-0.05, 0) is 88.9 Å². The standard InChI is InChI=1S/C32H35N5O5S/c1-32(2,3)42-31(40)35-20-11-9-19(10-12-20)34-28(38)27-26-25-24(17-18-33-29(25)43-27)37(30(39)36-26)21-13-15-23(16-14-21)41-22-7-5-4-6-8-22/h4-8,13-20,26-27H,9-12H2,1-3H3,(H,34,38)(H,35,40)(H,36,39). The van der Waals surface area contributed by atoms with Crippen molar-refractivity contribution in [1.29, 1.82) is 0 Å². The smallest absolute Gasteiger partial charge is 0.407 e. The normalized spacial score (nSPS) is 22.7. The molecule has 224 valence electrons. The minimum Gasteiger partial charge on any atom is -0.457 e. The number of ether oxygens (including phenoxy) is 2. The van der Waals surface area contributed by atoms with Crippen LogP contribution in [0.4, 0.5) is 21.0 Å². The van der Waals surface area contributed by atoms with Crippen LogP contribution in [-0.4, -0.2) is 46.0 Å². The monoisotopic (exact) mass is 601 g/mol. The van der Waals surface area contributed by atoms with Gasteiger partial charge in [-0.3, -0.25) is 9.69 Å². The second-order valence-corrected chi connectivity index (χ2v) is 13.1. The Morgan fingerprint density at radius 1 is 0.930 bits per heavy atom. The van der Waals surface area contributed by atoms with E-state index >= 15 is 0 Å². The summed E-state index contributed by atoms with van der Waals surface area (Å²) in [4.78, 5) is 45.3. The highest BCUT2D eigenvalue weighted by atomic mass is 32.2. The van der Waals surface area contributed by atoms with Crippen LogP contribution in [0.2, 0.25) is 0 Å². The highest BCUT2D eigenvalue weighted by molar-refractivity contribution is 8.01. The van der Waals surface area contributed by atoms with Crippen LogP contribution in [0.5, 0.6) is 11.5 Å². The van der Waals surface area contributed by atoms with Gasteiger partial charge in [-0.1, -0.05) is 30.0 Å². The van der Waals surface area contributed by atoms with Crippen LogP contribution in [0.3, 0.4) is 0 Å². The number of carbonyl (C=O) groups excluding carboxylic acids is 3. The van der Waals surface area contributed by atoms with Crippen LogP contribution >= 0.6 is 11.8 Å². The van der Waals surface area contributed by atoms with E-state index in [1.54, 1.807) is 11.1 Å². The Balaban J connectivity index is 1.10. The van der Waals surface area contributed by atoms with Gasteiger partial charge in [0.2, 0.25) is 5.91 Å². The molecule has 3 aliphatic rings. The average Bonchev–Trinajstić information content (AvgIpc) is 3.34. The molecule has 3 aromatic rings. The van der Waals surface area contributed by atoms with Crippen molar-refractivity contribution < 1.29 is 23.9 Å². The maximum absolute atomic E-state index is 13.5. The van der Waals surface area contributed by atoms with E-state index in [4.69, 9.17) is 9.47 Å². The lowest BCUT2D eigenvalue weighted by Gasteiger charge is -2.35. The number of pyridine rings is 1. The molecule has 4 amide bonds. The van der Waals surface area contributed by atoms with Crippen molar-refractivity contribution in [1.82, 2.24) is 20.9 Å². The molecule has 0 saturated heterocycles. The van der Waals surface area contributed by atoms with Crippen molar-refractivity contribution in [3.8, 4) is 11.5 Å². The number of alkyl carbamates (subject to hydrolysis) is 1.